The maximum Gasteiger partial charge on any atom is 0.307 e. The molecule has 0 bridgehead atoms. The van der Waals surface area contributed by atoms with Crippen molar-refractivity contribution >= 4 is 35.2 Å². The quantitative estimate of drug-likeness (QED) is 0.554. The first-order valence-corrected chi connectivity index (χ1v) is 11.5. The molecule has 0 N–H and O–H groups in total. The van der Waals surface area contributed by atoms with Crippen molar-refractivity contribution < 1.29 is 0 Å². The zero-order chi connectivity index (χ0) is 22.6. The molecule has 2 aromatic carbocycles. The first kappa shape index (κ1) is 20.7. The second-order valence-corrected chi connectivity index (χ2v) is 9.84. The van der Waals surface area contributed by atoms with E-state index in [0.29, 0.717) is 0 Å². The van der Waals surface area contributed by atoms with Gasteiger partial charge in [-0.25, -0.2) is 4.98 Å². The summed E-state index contributed by atoms with van der Waals surface area (Å²) >= 11 is 0. The van der Waals surface area contributed by atoms with E-state index in [1.165, 1.54) is 27.3 Å². The second kappa shape index (κ2) is 7.44. The molecule has 0 fully saturated rings. The third kappa shape index (κ3) is 3.02. The number of benzene rings is 2. The number of para-hydroxylation sites is 1. The van der Waals surface area contributed by atoms with Crippen LogP contribution in [0.25, 0.3) is 11.2 Å². The Bertz CT molecular complexity index is 1280. The normalized spacial score (nSPS) is 18.2. The molecule has 32 heavy (non-hydrogen) atoms. The summed E-state index contributed by atoms with van der Waals surface area (Å²) in [5.41, 5.74) is 5.09. The molecular formula is C27H31BN4. The van der Waals surface area contributed by atoms with Crippen LogP contribution in [-0.4, -0.2) is 22.9 Å². The molecule has 3 aromatic rings. The molecule has 5 heteroatoms. The number of hydrogen-bond acceptors (Lipinski definition) is 4. The lowest BCUT2D eigenvalue weighted by Crippen LogP contribution is -2.61. The standard InChI is InChI=1S/C27H31BN4/c1-19-22-15-10-11-16-23(22)25(27(3,4)5)28(6)32(19)31-20(2)30(21-13-8-7-9-14-21)24-17-12-18-29-26(24)31/h7-18,20H,1-6H3/t20-/m0/s1. The third-order valence-corrected chi connectivity index (χ3v) is 6.78. The zero-order valence-corrected chi connectivity index (χ0v) is 19.9. The number of rotatable bonds is 2. The Hall–Kier alpha value is -3.21. The molecule has 3 heterocycles. The van der Waals surface area contributed by atoms with Crippen LogP contribution in [0.1, 0.15) is 34.6 Å². The fraction of sp³-hybridized carbons (Fsp3) is 0.296. The van der Waals surface area contributed by atoms with Gasteiger partial charge in [-0.15, -0.1) is 0 Å². The molecule has 0 amide bonds. The second-order valence-electron chi connectivity index (χ2n) is 9.84. The molecule has 0 aliphatic carbocycles. The van der Waals surface area contributed by atoms with Gasteiger partial charge in [0.05, 0.1) is 5.69 Å². The molecule has 4 nitrogen and oxygen atoms in total. The van der Waals surface area contributed by atoms with Gasteiger partial charge in [-0.05, 0) is 48.7 Å². The third-order valence-electron chi connectivity index (χ3n) is 6.78. The van der Waals surface area contributed by atoms with E-state index < -0.39 is 0 Å². The molecule has 0 unspecified atom stereocenters. The largest absolute Gasteiger partial charge is 0.325 e. The van der Waals surface area contributed by atoms with E-state index in [4.69, 9.17) is 4.98 Å². The Balaban J connectivity index is 1.73. The van der Waals surface area contributed by atoms with E-state index in [1.807, 2.05) is 12.3 Å². The Morgan fingerprint density at radius 2 is 1.53 bits per heavy atom. The number of hydrogen-bond donors (Lipinski definition) is 0. The summed E-state index contributed by atoms with van der Waals surface area (Å²) in [6.07, 6.45) is 1.99. The summed E-state index contributed by atoms with van der Waals surface area (Å²) in [5.74, 6) is 1.00. The number of pyridine rings is 1. The van der Waals surface area contributed by atoms with Crippen LogP contribution < -0.4 is 20.3 Å². The van der Waals surface area contributed by atoms with Crippen molar-refractivity contribution in [1.82, 2.24) is 9.90 Å². The van der Waals surface area contributed by atoms with Gasteiger partial charge in [0, 0.05) is 22.8 Å². The highest BCUT2D eigenvalue weighted by Gasteiger charge is 2.44. The van der Waals surface area contributed by atoms with Gasteiger partial charge in [-0.2, -0.15) is 0 Å². The van der Waals surface area contributed by atoms with Gasteiger partial charge in [0.1, 0.15) is 6.17 Å². The molecule has 0 saturated carbocycles. The van der Waals surface area contributed by atoms with Gasteiger partial charge in [-0.3, -0.25) is 5.01 Å². The van der Waals surface area contributed by atoms with E-state index in [0.717, 1.165) is 11.5 Å². The van der Waals surface area contributed by atoms with Crippen LogP contribution in [0.15, 0.2) is 72.9 Å². The van der Waals surface area contributed by atoms with Crippen LogP contribution in [-0.2, 0) is 0 Å². The highest BCUT2D eigenvalue weighted by Crippen LogP contribution is 2.45. The van der Waals surface area contributed by atoms with Crippen molar-refractivity contribution in [3.63, 3.8) is 0 Å². The summed E-state index contributed by atoms with van der Waals surface area (Å²) < 4.78 is 0. The first-order valence-electron chi connectivity index (χ1n) is 11.5. The Labute approximate surface area is 191 Å². The van der Waals surface area contributed by atoms with Gasteiger partial charge in [0.2, 0.25) is 0 Å². The predicted octanol–water partition coefficient (Wildman–Crippen LogP) is 4.80. The van der Waals surface area contributed by atoms with Crippen molar-refractivity contribution in [3.05, 3.63) is 83.4 Å². The summed E-state index contributed by atoms with van der Waals surface area (Å²) in [7, 11) is 0. The molecule has 0 saturated heterocycles. The van der Waals surface area contributed by atoms with Gasteiger partial charge in [0.25, 0.3) is 0 Å². The van der Waals surface area contributed by atoms with E-state index in [2.05, 4.69) is 117 Å². The molecule has 162 valence electrons. The highest BCUT2D eigenvalue weighted by atomic mass is 15.7. The fourth-order valence-electron chi connectivity index (χ4n) is 5.64. The summed E-state index contributed by atoms with van der Waals surface area (Å²) in [6, 6.07) is 23.7. The molecule has 2 aliphatic rings. The monoisotopic (exact) mass is 422 g/mol. The van der Waals surface area contributed by atoms with E-state index in [-0.39, 0.29) is 18.4 Å². The smallest absolute Gasteiger partial charge is 0.307 e. The SMILES string of the molecule is CB1C(C(C)(C)C)=c2ccccc2=C(C)N1N1c2ncccc2N(c2ccccc2)[C@@H]1C. The lowest BCUT2D eigenvalue weighted by Gasteiger charge is -2.46. The molecule has 5 rings (SSSR count). The zero-order valence-electron chi connectivity index (χ0n) is 19.9. The van der Waals surface area contributed by atoms with Crippen molar-refractivity contribution in [2.75, 3.05) is 9.91 Å². The van der Waals surface area contributed by atoms with Gasteiger partial charge < -0.3 is 9.82 Å². The summed E-state index contributed by atoms with van der Waals surface area (Å²) in [5, 5.41) is 5.07. The van der Waals surface area contributed by atoms with Crippen LogP contribution in [0.4, 0.5) is 17.2 Å². The van der Waals surface area contributed by atoms with Crippen molar-refractivity contribution in [2.45, 2.75) is 47.6 Å². The average molecular weight is 422 g/mol. The predicted molar refractivity (Wildman–Crippen MR) is 136 cm³/mol. The van der Waals surface area contributed by atoms with Crippen molar-refractivity contribution in [2.24, 2.45) is 5.41 Å². The molecular weight excluding hydrogens is 391 g/mol. The molecule has 0 radical (unpaired) electrons. The number of hydrazine groups is 1. The number of aromatic nitrogens is 1. The number of anilines is 3. The molecule has 0 spiro atoms. The average Bonchev–Trinajstić information content (AvgIpc) is 3.05. The lowest BCUT2D eigenvalue weighted by atomic mass is 9.48. The molecule has 1 atom stereocenters. The lowest BCUT2D eigenvalue weighted by molar-refractivity contribution is 0.469. The minimum absolute atomic E-state index is 0.0451. The van der Waals surface area contributed by atoms with Gasteiger partial charge >= 0.3 is 6.85 Å². The van der Waals surface area contributed by atoms with E-state index >= 15 is 0 Å². The van der Waals surface area contributed by atoms with Crippen LogP contribution in [0, 0.1) is 5.41 Å². The Morgan fingerprint density at radius 1 is 0.875 bits per heavy atom. The maximum atomic E-state index is 4.87. The minimum atomic E-state index is 0.0451. The van der Waals surface area contributed by atoms with Crippen molar-refractivity contribution in [1.29, 1.82) is 0 Å². The molecule has 2 aliphatic heterocycles. The highest BCUT2D eigenvalue weighted by molar-refractivity contribution is 6.75. The maximum absolute atomic E-state index is 4.87. The Morgan fingerprint density at radius 3 is 2.22 bits per heavy atom. The minimum Gasteiger partial charge on any atom is -0.325 e. The van der Waals surface area contributed by atoms with Gasteiger partial charge in [0.15, 0.2) is 5.82 Å². The summed E-state index contributed by atoms with van der Waals surface area (Å²) in [4.78, 5) is 9.74. The van der Waals surface area contributed by atoms with Crippen molar-refractivity contribution in [3.8, 4) is 0 Å². The topological polar surface area (TPSA) is 22.6 Å². The van der Waals surface area contributed by atoms with E-state index in [9.17, 15) is 0 Å². The fourth-order valence-corrected chi connectivity index (χ4v) is 5.64. The van der Waals surface area contributed by atoms with Crippen LogP contribution in [0.2, 0.25) is 6.82 Å². The van der Waals surface area contributed by atoms with Crippen LogP contribution in [0.5, 0.6) is 0 Å². The van der Waals surface area contributed by atoms with Gasteiger partial charge in [-0.1, -0.05) is 75.5 Å². The van der Waals surface area contributed by atoms with E-state index in [1.54, 1.807) is 0 Å². The Kier molecular flexibility index (Phi) is 4.81. The first-order chi connectivity index (χ1) is 15.3. The molecule has 1 aromatic heterocycles. The van der Waals surface area contributed by atoms with Crippen LogP contribution >= 0.6 is 0 Å². The number of fused-ring (bicyclic) bond motifs is 2. The summed E-state index contributed by atoms with van der Waals surface area (Å²) in [6.45, 7) is 14.0. The van der Waals surface area contributed by atoms with Crippen LogP contribution in [0.3, 0.4) is 0 Å². The number of nitrogens with zero attached hydrogens (tertiary/aromatic N) is 4.